The van der Waals surface area contributed by atoms with Gasteiger partial charge >= 0.3 is 10.4 Å². The highest BCUT2D eigenvalue weighted by molar-refractivity contribution is 7.79. The van der Waals surface area contributed by atoms with Crippen molar-refractivity contribution in [3.05, 3.63) is 0 Å². The first-order valence-electron chi connectivity index (χ1n) is 6.09. The molecular formula is C10H27NO8S. The molecule has 0 amide bonds. The molecule has 0 spiro atoms. The molecule has 0 saturated carbocycles. The third-order valence-electron chi connectivity index (χ3n) is 1.66. The minimum atomic E-state index is -4.67. The first kappa shape index (κ1) is 24.7. The molecule has 0 aliphatic rings. The fourth-order valence-corrected chi connectivity index (χ4v) is 0.964. The number of aliphatic hydroxyl groups is 3. The van der Waals surface area contributed by atoms with Crippen LogP contribution in [0.3, 0.4) is 0 Å². The Balaban J connectivity index is -0.000000244. The van der Waals surface area contributed by atoms with E-state index in [0.29, 0.717) is 19.6 Å². The molecule has 0 aromatic rings. The Bertz CT molecular complexity index is 236. The van der Waals surface area contributed by atoms with Crippen LogP contribution in [0.25, 0.3) is 0 Å². The number of hydrogen-bond acceptors (Lipinski definition) is 7. The van der Waals surface area contributed by atoms with Gasteiger partial charge in [-0.2, -0.15) is 8.42 Å². The SMILES string of the molecule is CCOCC.O=S(=O)(O)O.OCCN(CCO)CCO. The Kier molecular flexibility index (Phi) is 23.0. The second-order valence-electron chi connectivity index (χ2n) is 3.24. The van der Waals surface area contributed by atoms with Crippen LogP contribution in [0.15, 0.2) is 0 Å². The number of ether oxygens (including phenoxy) is 1. The van der Waals surface area contributed by atoms with E-state index in [0.717, 1.165) is 13.2 Å². The summed E-state index contributed by atoms with van der Waals surface area (Å²) in [7, 11) is -4.67. The molecule has 10 heteroatoms. The fourth-order valence-electron chi connectivity index (χ4n) is 0.964. The lowest BCUT2D eigenvalue weighted by Gasteiger charge is -2.17. The zero-order valence-electron chi connectivity index (χ0n) is 12.0. The monoisotopic (exact) mass is 321 g/mol. The van der Waals surface area contributed by atoms with Crippen LogP contribution in [-0.2, 0) is 15.1 Å². The van der Waals surface area contributed by atoms with Crippen LogP contribution >= 0.6 is 0 Å². The highest BCUT2D eigenvalue weighted by Gasteiger charge is 2.00. The van der Waals surface area contributed by atoms with E-state index >= 15 is 0 Å². The molecule has 0 atom stereocenters. The van der Waals surface area contributed by atoms with Gasteiger partial charge in [0.1, 0.15) is 0 Å². The Hall–Kier alpha value is -0.330. The molecule has 20 heavy (non-hydrogen) atoms. The van der Waals surface area contributed by atoms with Gasteiger partial charge in [0.05, 0.1) is 19.8 Å². The van der Waals surface area contributed by atoms with Gasteiger partial charge in [-0.3, -0.25) is 14.0 Å². The molecule has 0 aromatic carbocycles. The molecule has 0 bridgehead atoms. The second kappa shape index (κ2) is 18.7. The standard InChI is InChI=1S/C6H15NO3.C4H10O.H2O4S/c8-4-1-7(2-5-9)3-6-10;1-3-5-4-2;1-5(2,3)4/h8-10H,1-6H2;3-4H2,1-2H3;(H2,1,2,3,4). The van der Waals surface area contributed by atoms with Gasteiger partial charge in [-0.25, -0.2) is 0 Å². The molecule has 0 fully saturated rings. The average Bonchev–Trinajstić information content (AvgIpc) is 2.30. The van der Waals surface area contributed by atoms with Crippen molar-refractivity contribution in [3.63, 3.8) is 0 Å². The van der Waals surface area contributed by atoms with E-state index in [1.54, 1.807) is 4.90 Å². The van der Waals surface area contributed by atoms with E-state index < -0.39 is 10.4 Å². The van der Waals surface area contributed by atoms with E-state index in [2.05, 4.69) is 0 Å². The van der Waals surface area contributed by atoms with Gasteiger partial charge in [0.2, 0.25) is 0 Å². The molecule has 0 radical (unpaired) electrons. The lowest BCUT2D eigenvalue weighted by atomic mass is 10.4. The molecule has 0 aromatic heterocycles. The molecule has 0 unspecified atom stereocenters. The van der Waals surface area contributed by atoms with Crippen LogP contribution in [0, 0.1) is 0 Å². The highest BCUT2D eigenvalue weighted by atomic mass is 32.3. The maximum absolute atomic E-state index is 8.74. The normalized spacial score (nSPS) is 10.4. The lowest BCUT2D eigenvalue weighted by molar-refractivity contribution is 0.136. The first-order chi connectivity index (χ1) is 9.26. The Morgan fingerprint density at radius 1 is 0.850 bits per heavy atom. The summed E-state index contributed by atoms with van der Waals surface area (Å²) >= 11 is 0. The van der Waals surface area contributed by atoms with Gasteiger partial charge in [-0.15, -0.1) is 0 Å². The summed E-state index contributed by atoms with van der Waals surface area (Å²) in [6.07, 6.45) is 0. The number of hydrogen-bond donors (Lipinski definition) is 5. The van der Waals surface area contributed by atoms with Crippen LogP contribution in [0.4, 0.5) is 0 Å². The minimum absolute atomic E-state index is 0.0694. The number of aliphatic hydroxyl groups excluding tert-OH is 3. The van der Waals surface area contributed by atoms with Gasteiger partial charge < -0.3 is 20.1 Å². The fraction of sp³-hybridized carbons (Fsp3) is 1.00. The number of nitrogens with zero attached hydrogens (tertiary/aromatic N) is 1. The third kappa shape index (κ3) is 43.1. The summed E-state index contributed by atoms with van der Waals surface area (Å²) in [6, 6.07) is 0. The zero-order chi connectivity index (χ0) is 16.4. The van der Waals surface area contributed by atoms with Gasteiger partial charge in [0.25, 0.3) is 0 Å². The molecule has 5 N–H and O–H groups in total. The van der Waals surface area contributed by atoms with E-state index in [1.807, 2.05) is 13.8 Å². The molecule has 9 nitrogen and oxygen atoms in total. The van der Waals surface area contributed by atoms with Crippen LogP contribution in [0.1, 0.15) is 13.8 Å². The Morgan fingerprint density at radius 3 is 1.20 bits per heavy atom. The first-order valence-corrected chi connectivity index (χ1v) is 7.48. The predicted molar refractivity (Wildman–Crippen MR) is 74.0 cm³/mol. The maximum Gasteiger partial charge on any atom is 0.394 e. The van der Waals surface area contributed by atoms with Crippen LogP contribution < -0.4 is 0 Å². The smallest absolute Gasteiger partial charge is 0.394 e. The van der Waals surface area contributed by atoms with E-state index in [4.69, 9.17) is 37.6 Å². The van der Waals surface area contributed by atoms with E-state index in [1.165, 1.54) is 0 Å². The zero-order valence-corrected chi connectivity index (χ0v) is 12.8. The van der Waals surface area contributed by atoms with Crippen molar-refractivity contribution in [2.75, 3.05) is 52.7 Å². The molecule has 0 aliphatic carbocycles. The summed E-state index contributed by atoms with van der Waals surface area (Å²) in [6.45, 7) is 7.42. The maximum atomic E-state index is 8.74. The summed E-state index contributed by atoms with van der Waals surface area (Å²) in [5.74, 6) is 0. The van der Waals surface area contributed by atoms with Crippen molar-refractivity contribution in [1.82, 2.24) is 4.90 Å². The van der Waals surface area contributed by atoms with Crippen molar-refractivity contribution >= 4 is 10.4 Å². The molecule has 0 rings (SSSR count). The quantitative estimate of drug-likeness (QED) is 0.342. The van der Waals surface area contributed by atoms with Gasteiger partial charge in [0, 0.05) is 32.8 Å². The predicted octanol–water partition coefficient (Wildman–Crippen LogP) is -1.34. The van der Waals surface area contributed by atoms with Crippen molar-refractivity contribution in [2.24, 2.45) is 0 Å². The molecule has 0 aliphatic heterocycles. The van der Waals surface area contributed by atoms with Gasteiger partial charge in [-0.05, 0) is 13.8 Å². The topological polar surface area (TPSA) is 148 Å². The van der Waals surface area contributed by atoms with Crippen LogP contribution in [0.5, 0.6) is 0 Å². The molecule has 0 saturated heterocycles. The Morgan fingerprint density at radius 2 is 1.10 bits per heavy atom. The van der Waals surface area contributed by atoms with Crippen molar-refractivity contribution in [3.8, 4) is 0 Å². The third-order valence-corrected chi connectivity index (χ3v) is 1.66. The van der Waals surface area contributed by atoms with Gasteiger partial charge in [-0.1, -0.05) is 0 Å². The van der Waals surface area contributed by atoms with Crippen molar-refractivity contribution < 1.29 is 37.6 Å². The average molecular weight is 321 g/mol. The Labute approximate surface area is 120 Å². The van der Waals surface area contributed by atoms with Crippen LogP contribution in [0.2, 0.25) is 0 Å². The highest BCUT2D eigenvalue weighted by Crippen LogP contribution is 1.84. The summed E-state index contributed by atoms with van der Waals surface area (Å²) in [4.78, 5) is 1.79. The number of rotatable bonds is 8. The van der Waals surface area contributed by atoms with Gasteiger partial charge in [0.15, 0.2) is 0 Å². The lowest BCUT2D eigenvalue weighted by Crippen LogP contribution is -2.32. The largest absolute Gasteiger partial charge is 0.395 e. The van der Waals surface area contributed by atoms with E-state index in [9.17, 15) is 0 Å². The van der Waals surface area contributed by atoms with E-state index in [-0.39, 0.29) is 19.8 Å². The molecule has 0 heterocycles. The molecule has 126 valence electrons. The minimum Gasteiger partial charge on any atom is -0.395 e. The van der Waals surface area contributed by atoms with Crippen molar-refractivity contribution in [2.45, 2.75) is 13.8 Å². The summed E-state index contributed by atoms with van der Waals surface area (Å²) in [5, 5.41) is 25.5. The summed E-state index contributed by atoms with van der Waals surface area (Å²) in [5.41, 5.74) is 0. The van der Waals surface area contributed by atoms with Crippen LogP contribution in [-0.4, -0.2) is 90.4 Å². The second-order valence-corrected chi connectivity index (χ2v) is 4.14. The summed E-state index contributed by atoms with van der Waals surface area (Å²) < 4.78 is 36.4. The molecular weight excluding hydrogens is 294 g/mol. The van der Waals surface area contributed by atoms with Crippen molar-refractivity contribution in [1.29, 1.82) is 0 Å².